The van der Waals surface area contributed by atoms with Crippen molar-refractivity contribution < 1.29 is 0 Å². The van der Waals surface area contributed by atoms with Gasteiger partial charge in [0.1, 0.15) is 5.82 Å². The van der Waals surface area contributed by atoms with Crippen LogP contribution in [0.25, 0.3) is 0 Å². The number of aryl methyl sites for hydroxylation is 1. The standard InChI is InChI=1S/C22H43N7S/c1-7-23-20(25-17-22(4,5)28-14-9-8-10-15-28)24-13-11-12-19-26-27-21(30-6)29(19)16-18(2)3/h18H,7-17H2,1-6H3,(H2,23,24,25). The lowest BCUT2D eigenvalue weighted by atomic mass is 9.99. The average molecular weight is 438 g/mol. The molecular weight excluding hydrogens is 394 g/mol. The van der Waals surface area contributed by atoms with Crippen molar-refractivity contribution in [2.75, 3.05) is 39.0 Å². The van der Waals surface area contributed by atoms with E-state index in [1.54, 1.807) is 11.8 Å². The van der Waals surface area contributed by atoms with Crippen molar-refractivity contribution in [3.05, 3.63) is 5.82 Å². The minimum Gasteiger partial charge on any atom is -0.357 e. The van der Waals surface area contributed by atoms with Gasteiger partial charge < -0.3 is 15.2 Å². The fourth-order valence-electron chi connectivity index (χ4n) is 3.87. The van der Waals surface area contributed by atoms with Crippen LogP contribution in [0.3, 0.4) is 0 Å². The van der Waals surface area contributed by atoms with Gasteiger partial charge in [-0.1, -0.05) is 32.0 Å². The van der Waals surface area contributed by atoms with Crippen molar-refractivity contribution in [2.24, 2.45) is 10.9 Å². The van der Waals surface area contributed by atoms with Crippen LogP contribution >= 0.6 is 11.8 Å². The smallest absolute Gasteiger partial charge is 0.191 e. The van der Waals surface area contributed by atoms with Crippen molar-refractivity contribution in [1.82, 2.24) is 30.3 Å². The van der Waals surface area contributed by atoms with Crippen molar-refractivity contribution in [1.29, 1.82) is 0 Å². The quantitative estimate of drug-likeness (QED) is 0.239. The number of nitrogens with one attached hydrogen (secondary N) is 2. The second-order valence-electron chi connectivity index (χ2n) is 9.19. The third-order valence-electron chi connectivity index (χ3n) is 5.57. The highest BCUT2D eigenvalue weighted by Gasteiger charge is 2.27. The fraction of sp³-hybridized carbons (Fsp3) is 0.864. The summed E-state index contributed by atoms with van der Waals surface area (Å²) in [5, 5.41) is 16.7. The van der Waals surface area contributed by atoms with Crippen LogP contribution in [-0.2, 0) is 13.0 Å². The first kappa shape index (κ1) is 25.0. The average Bonchev–Trinajstić information content (AvgIpc) is 3.10. The molecule has 0 atom stereocenters. The molecule has 2 rings (SSSR count). The second kappa shape index (κ2) is 12.5. The summed E-state index contributed by atoms with van der Waals surface area (Å²) in [6, 6.07) is 0. The number of likely N-dealkylation sites (tertiary alicyclic amines) is 1. The molecule has 0 aliphatic carbocycles. The van der Waals surface area contributed by atoms with Crippen LogP contribution in [0.5, 0.6) is 0 Å². The summed E-state index contributed by atoms with van der Waals surface area (Å²) in [5.41, 5.74) is 0.101. The summed E-state index contributed by atoms with van der Waals surface area (Å²) in [6.45, 7) is 17.1. The molecular formula is C22H43N7S. The van der Waals surface area contributed by atoms with E-state index in [1.807, 2.05) is 0 Å². The molecule has 0 unspecified atom stereocenters. The highest BCUT2D eigenvalue weighted by atomic mass is 32.2. The molecule has 1 fully saturated rings. The van der Waals surface area contributed by atoms with Gasteiger partial charge in [-0.2, -0.15) is 0 Å². The lowest BCUT2D eigenvalue weighted by Gasteiger charge is -2.40. The van der Waals surface area contributed by atoms with E-state index in [-0.39, 0.29) is 5.54 Å². The Labute approximate surface area is 187 Å². The summed E-state index contributed by atoms with van der Waals surface area (Å²) < 4.78 is 2.27. The minimum absolute atomic E-state index is 0.101. The van der Waals surface area contributed by atoms with Crippen molar-refractivity contribution in [3.8, 4) is 0 Å². The SMILES string of the molecule is CCNC(=NCC(C)(C)N1CCCCC1)NCCCc1nnc(SC)n1CC(C)C. The lowest BCUT2D eigenvalue weighted by Crippen LogP contribution is -2.49. The molecule has 1 aliphatic heterocycles. The van der Waals surface area contributed by atoms with Crippen LogP contribution in [0.1, 0.15) is 66.1 Å². The number of thioether (sulfide) groups is 1. The molecule has 1 aliphatic rings. The van der Waals surface area contributed by atoms with Gasteiger partial charge in [-0.15, -0.1) is 10.2 Å². The minimum atomic E-state index is 0.101. The number of hydrogen-bond donors (Lipinski definition) is 2. The van der Waals surface area contributed by atoms with Crippen LogP contribution in [0.4, 0.5) is 0 Å². The number of hydrogen-bond acceptors (Lipinski definition) is 5. The van der Waals surface area contributed by atoms with E-state index in [9.17, 15) is 0 Å². The van der Waals surface area contributed by atoms with Gasteiger partial charge in [-0.3, -0.25) is 9.89 Å². The summed E-state index contributed by atoms with van der Waals surface area (Å²) in [5.74, 6) is 2.58. The van der Waals surface area contributed by atoms with E-state index in [0.29, 0.717) is 5.92 Å². The number of piperidine rings is 1. The van der Waals surface area contributed by atoms with E-state index in [0.717, 1.165) is 56.0 Å². The van der Waals surface area contributed by atoms with Gasteiger partial charge >= 0.3 is 0 Å². The zero-order valence-electron chi connectivity index (χ0n) is 20.0. The molecule has 0 aromatic carbocycles. The molecule has 1 saturated heterocycles. The van der Waals surface area contributed by atoms with E-state index < -0.39 is 0 Å². The first-order valence-corrected chi connectivity index (χ1v) is 12.8. The number of nitrogens with zero attached hydrogens (tertiary/aromatic N) is 5. The molecule has 2 heterocycles. The first-order chi connectivity index (χ1) is 14.4. The molecule has 0 amide bonds. The van der Waals surface area contributed by atoms with Crippen LogP contribution in [0, 0.1) is 5.92 Å². The maximum atomic E-state index is 4.90. The van der Waals surface area contributed by atoms with Gasteiger partial charge in [0, 0.05) is 31.6 Å². The number of rotatable bonds is 11. The lowest BCUT2D eigenvalue weighted by molar-refractivity contribution is 0.102. The van der Waals surface area contributed by atoms with Crippen LogP contribution in [0.2, 0.25) is 0 Å². The summed E-state index contributed by atoms with van der Waals surface area (Å²) in [4.78, 5) is 7.49. The zero-order valence-corrected chi connectivity index (χ0v) is 20.8. The first-order valence-electron chi connectivity index (χ1n) is 11.6. The Morgan fingerprint density at radius 1 is 1.17 bits per heavy atom. The second-order valence-corrected chi connectivity index (χ2v) is 9.97. The fourth-order valence-corrected chi connectivity index (χ4v) is 4.39. The van der Waals surface area contributed by atoms with Gasteiger partial charge in [-0.25, -0.2) is 0 Å². The Hall–Kier alpha value is -1.28. The third-order valence-corrected chi connectivity index (χ3v) is 6.24. The maximum Gasteiger partial charge on any atom is 0.191 e. The van der Waals surface area contributed by atoms with Gasteiger partial charge in [-0.05, 0) is 65.3 Å². The number of aromatic nitrogens is 3. The monoisotopic (exact) mass is 437 g/mol. The molecule has 7 nitrogen and oxygen atoms in total. The van der Waals surface area contributed by atoms with E-state index in [1.165, 1.54) is 32.4 Å². The molecule has 0 bridgehead atoms. The van der Waals surface area contributed by atoms with Crippen molar-refractivity contribution in [3.63, 3.8) is 0 Å². The zero-order chi connectivity index (χ0) is 22.0. The predicted molar refractivity (Wildman–Crippen MR) is 128 cm³/mol. The van der Waals surface area contributed by atoms with Gasteiger partial charge in [0.25, 0.3) is 0 Å². The summed E-state index contributed by atoms with van der Waals surface area (Å²) in [7, 11) is 0. The number of aliphatic imine (C=N–C) groups is 1. The Morgan fingerprint density at radius 3 is 2.53 bits per heavy atom. The van der Waals surface area contributed by atoms with Crippen LogP contribution < -0.4 is 10.6 Å². The summed E-state index contributed by atoms with van der Waals surface area (Å²) >= 11 is 1.67. The largest absolute Gasteiger partial charge is 0.357 e. The Bertz CT molecular complexity index is 648. The van der Waals surface area contributed by atoms with Crippen molar-refractivity contribution in [2.45, 2.75) is 84.0 Å². The number of guanidine groups is 1. The highest BCUT2D eigenvalue weighted by molar-refractivity contribution is 7.98. The Kier molecular flexibility index (Phi) is 10.4. The van der Waals surface area contributed by atoms with Gasteiger partial charge in [0.15, 0.2) is 11.1 Å². The van der Waals surface area contributed by atoms with E-state index in [4.69, 9.17) is 4.99 Å². The topological polar surface area (TPSA) is 70.4 Å². The molecule has 8 heteroatoms. The highest BCUT2D eigenvalue weighted by Crippen LogP contribution is 2.21. The van der Waals surface area contributed by atoms with E-state index in [2.05, 4.69) is 71.2 Å². The summed E-state index contributed by atoms with van der Waals surface area (Å²) in [6.07, 6.45) is 7.98. The molecule has 172 valence electrons. The van der Waals surface area contributed by atoms with Crippen molar-refractivity contribution >= 4 is 17.7 Å². The molecule has 1 aromatic heterocycles. The van der Waals surface area contributed by atoms with Crippen LogP contribution in [-0.4, -0.2) is 70.1 Å². The molecule has 2 N–H and O–H groups in total. The molecule has 0 radical (unpaired) electrons. The molecule has 0 spiro atoms. The third kappa shape index (κ3) is 7.76. The van der Waals surface area contributed by atoms with Gasteiger partial charge in [0.2, 0.25) is 0 Å². The Balaban J connectivity index is 1.86. The predicted octanol–water partition coefficient (Wildman–Crippen LogP) is 3.41. The van der Waals surface area contributed by atoms with Crippen LogP contribution in [0.15, 0.2) is 10.1 Å². The normalized spacial score (nSPS) is 16.3. The molecule has 1 aromatic rings. The Morgan fingerprint density at radius 2 is 1.90 bits per heavy atom. The maximum absolute atomic E-state index is 4.90. The molecule has 30 heavy (non-hydrogen) atoms. The van der Waals surface area contributed by atoms with E-state index >= 15 is 0 Å². The van der Waals surface area contributed by atoms with Gasteiger partial charge in [0.05, 0.1) is 6.54 Å². The molecule has 0 saturated carbocycles.